The van der Waals surface area contributed by atoms with Gasteiger partial charge in [0.15, 0.2) is 0 Å². The lowest BCUT2D eigenvalue weighted by Crippen LogP contribution is -2.45. The van der Waals surface area contributed by atoms with Crippen LogP contribution in [0.3, 0.4) is 0 Å². The normalized spacial score (nSPS) is 24.8. The molecule has 0 spiro atoms. The lowest BCUT2D eigenvalue weighted by Gasteiger charge is -2.33. The molecule has 2 atom stereocenters. The number of carbonyl (C=O) groups excluding carboxylic acids is 1. The first-order valence-corrected chi connectivity index (χ1v) is 7.82. The number of carbonyl (C=O) groups is 1. The van der Waals surface area contributed by atoms with Crippen LogP contribution in [0.1, 0.15) is 23.8 Å². The van der Waals surface area contributed by atoms with Gasteiger partial charge in [-0.2, -0.15) is 4.31 Å². The highest BCUT2D eigenvalue weighted by molar-refractivity contribution is 7.89. The van der Waals surface area contributed by atoms with Crippen LogP contribution in [-0.4, -0.2) is 47.5 Å². The maximum absolute atomic E-state index is 12.5. The maximum Gasteiger partial charge on any atom is 0.265 e. The van der Waals surface area contributed by atoms with Crippen molar-refractivity contribution in [3.05, 3.63) is 18.0 Å². The predicted octanol–water partition coefficient (Wildman–Crippen LogP) is -0.485. The quantitative estimate of drug-likeness (QED) is 0.786. The van der Waals surface area contributed by atoms with Gasteiger partial charge in [-0.15, -0.1) is 0 Å². The van der Waals surface area contributed by atoms with E-state index in [0.29, 0.717) is 13.0 Å². The number of aliphatic hydroxyl groups excluding tert-OH is 1. The molecule has 1 aromatic heterocycles. The van der Waals surface area contributed by atoms with Crippen molar-refractivity contribution in [1.29, 1.82) is 0 Å². The van der Waals surface area contributed by atoms with Crippen molar-refractivity contribution >= 4 is 15.9 Å². The summed E-state index contributed by atoms with van der Waals surface area (Å²) in [5.74, 6) is -0.598. The standard InChI is InChI=1S/C12H19N3O4S/c1-8-3-4-15(7-11(8)16)20(18,19)9-5-10(12(13)17)14(2)6-9/h5-6,8,11,16H,3-4,7H2,1-2H3,(H2,13,17). The van der Waals surface area contributed by atoms with Gasteiger partial charge < -0.3 is 15.4 Å². The van der Waals surface area contributed by atoms with Crippen molar-refractivity contribution in [2.24, 2.45) is 18.7 Å². The van der Waals surface area contributed by atoms with Gasteiger partial charge in [0.2, 0.25) is 10.0 Å². The third-order valence-electron chi connectivity index (χ3n) is 3.75. The smallest absolute Gasteiger partial charge is 0.265 e. The van der Waals surface area contributed by atoms with Crippen LogP contribution >= 0.6 is 0 Å². The Morgan fingerprint density at radius 1 is 1.50 bits per heavy atom. The Hall–Kier alpha value is -1.38. The molecule has 1 amide bonds. The summed E-state index contributed by atoms with van der Waals surface area (Å²) < 4.78 is 27.6. The average Bonchev–Trinajstić information content (AvgIpc) is 2.75. The van der Waals surface area contributed by atoms with E-state index >= 15 is 0 Å². The molecule has 7 nitrogen and oxygen atoms in total. The molecule has 0 radical (unpaired) electrons. The largest absolute Gasteiger partial charge is 0.391 e. The van der Waals surface area contributed by atoms with Crippen LogP contribution in [0.5, 0.6) is 0 Å². The van der Waals surface area contributed by atoms with Crippen molar-refractivity contribution in [3.63, 3.8) is 0 Å². The summed E-state index contributed by atoms with van der Waals surface area (Å²) in [6.07, 6.45) is 1.30. The number of rotatable bonds is 3. The molecular weight excluding hydrogens is 282 g/mol. The molecule has 0 bridgehead atoms. The summed E-state index contributed by atoms with van der Waals surface area (Å²) in [5, 5.41) is 9.82. The number of nitrogens with two attached hydrogens (primary N) is 1. The van der Waals surface area contributed by atoms with Gasteiger partial charge in [0.25, 0.3) is 5.91 Å². The van der Waals surface area contributed by atoms with Crippen LogP contribution < -0.4 is 5.73 Å². The molecular formula is C12H19N3O4S. The maximum atomic E-state index is 12.5. The van der Waals surface area contributed by atoms with E-state index in [9.17, 15) is 18.3 Å². The number of aliphatic hydroxyl groups is 1. The van der Waals surface area contributed by atoms with Gasteiger partial charge in [-0.05, 0) is 18.4 Å². The second-order valence-corrected chi connectivity index (χ2v) is 7.17. The number of aryl methyl sites for hydroxylation is 1. The van der Waals surface area contributed by atoms with E-state index in [4.69, 9.17) is 5.73 Å². The molecule has 1 aromatic rings. The van der Waals surface area contributed by atoms with Crippen LogP contribution in [0.25, 0.3) is 0 Å². The number of hydrogen-bond donors (Lipinski definition) is 2. The molecule has 112 valence electrons. The predicted molar refractivity (Wildman–Crippen MR) is 72.5 cm³/mol. The molecule has 1 aliphatic rings. The third kappa shape index (κ3) is 2.58. The zero-order valence-electron chi connectivity index (χ0n) is 11.5. The molecule has 3 N–H and O–H groups in total. The summed E-state index contributed by atoms with van der Waals surface area (Å²) >= 11 is 0. The minimum Gasteiger partial charge on any atom is -0.391 e. The highest BCUT2D eigenvalue weighted by Crippen LogP contribution is 2.24. The van der Waals surface area contributed by atoms with Gasteiger partial charge in [0.1, 0.15) is 10.6 Å². The summed E-state index contributed by atoms with van der Waals surface area (Å²) in [4.78, 5) is 11.2. The monoisotopic (exact) mass is 301 g/mol. The minimum atomic E-state index is -3.71. The van der Waals surface area contributed by atoms with E-state index in [1.54, 1.807) is 7.05 Å². The molecule has 0 aromatic carbocycles. The zero-order chi connectivity index (χ0) is 15.1. The molecule has 0 aliphatic carbocycles. The topological polar surface area (TPSA) is 106 Å². The first-order chi connectivity index (χ1) is 9.23. The van der Waals surface area contributed by atoms with Gasteiger partial charge in [0, 0.05) is 26.3 Å². The Morgan fingerprint density at radius 3 is 2.65 bits per heavy atom. The third-order valence-corrected chi connectivity index (χ3v) is 5.58. The van der Waals surface area contributed by atoms with Crippen LogP contribution in [0, 0.1) is 5.92 Å². The first-order valence-electron chi connectivity index (χ1n) is 6.38. The van der Waals surface area contributed by atoms with E-state index in [2.05, 4.69) is 0 Å². The lowest BCUT2D eigenvalue weighted by atomic mass is 9.98. The van der Waals surface area contributed by atoms with Gasteiger partial charge in [-0.1, -0.05) is 6.92 Å². The number of aromatic nitrogens is 1. The first kappa shape index (κ1) is 15.0. The SMILES string of the molecule is CC1CCN(S(=O)(=O)c2cc(C(N)=O)n(C)c2)CC1O. The van der Waals surface area contributed by atoms with Crippen molar-refractivity contribution in [2.75, 3.05) is 13.1 Å². The van der Waals surface area contributed by atoms with Gasteiger partial charge in [-0.3, -0.25) is 4.79 Å². The van der Waals surface area contributed by atoms with Crippen molar-refractivity contribution < 1.29 is 18.3 Å². The van der Waals surface area contributed by atoms with Gasteiger partial charge >= 0.3 is 0 Å². The summed E-state index contributed by atoms with van der Waals surface area (Å²) in [7, 11) is -2.15. The molecule has 1 aliphatic heterocycles. The highest BCUT2D eigenvalue weighted by atomic mass is 32.2. The summed E-state index contributed by atoms with van der Waals surface area (Å²) in [6, 6.07) is 1.27. The molecule has 2 unspecified atom stereocenters. The Kier molecular flexibility index (Phi) is 3.90. The van der Waals surface area contributed by atoms with E-state index < -0.39 is 22.0 Å². The zero-order valence-corrected chi connectivity index (χ0v) is 12.3. The summed E-state index contributed by atoms with van der Waals surface area (Å²) in [5.41, 5.74) is 5.32. The molecule has 20 heavy (non-hydrogen) atoms. The number of nitrogens with zero attached hydrogens (tertiary/aromatic N) is 2. The number of sulfonamides is 1. The number of piperidine rings is 1. The van der Waals surface area contributed by atoms with Gasteiger partial charge in [0.05, 0.1) is 6.10 Å². The second-order valence-electron chi connectivity index (χ2n) is 5.23. The van der Waals surface area contributed by atoms with Crippen LogP contribution in [0.4, 0.5) is 0 Å². The number of β-amino-alcohol motifs (C(OH)–C–C–N with tert-alkyl or cyclic N) is 1. The van der Waals surface area contributed by atoms with Crippen LogP contribution in [0.15, 0.2) is 17.2 Å². The number of hydrogen-bond acceptors (Lipinski definition) is 4. The Bertz CT molecular complexity index is 623. The molecule has 1 fully saturated rings. The minimum absolute atomic E-state index is 0.0237. The Morgan fingerprint density at radius 2 is 2.15 bits per heavy atom. The molecule has 0 saturated carbocycles. The fourth-order valence-electron chi connectivity index (χ4n) is 2.31. The van der Waals surface area contributed by atoms with Crippen molar-refractivity contribution in [2.45, 2.75) is 24.3 Å². The molecule has 1 saturated heterocycles. The molecule has 8 heteroatoms. The lowest BCUT2D eigenvalue weighted by molar-refractivity contribution is 0.0605. The fourth-order valence-corrected chi connectivity index (χ4v) is 3.85. The van der Waals surface area contributed by atoms with Crippen LogP contribution in [-0.2, 0) is 17.1 Å². The van der Waals surface area contributed by atoms with Crippen molar-refractivity contribution in [3.8, 4) is 0 Å². The van der Waals surface area contributed by atoms with E-state index in [1.165, 1.54) is 21.1 Å². The number of amides is 1. The Labute approximate surface area is 118 Å². The molecule has 2 heterocycles. The van der Waals surface area contributed by atoms with E-state index in [0.717, 1.165) is 0 Å². The molecule has 2 rings (SSSR count). The Balaban J connectivity index is 2.31. The van der Waals surface area contributed by atoms with Crippen LogP contribution in [0.2, 0.25) is 0 Å². The highest BCUT2D eigenvalue weighted by Gasteiger charge is 2.33. The van der Waals surface area contributed by atoms with Crippen molar-refractivity contribution in [1.82, 2.24) is 8.87 Å². The van der Waals surface area contributed by atoms with Gasteiger partial charge in [-0.25, -0.2) is 8.42 Å². The second kappa shape index (κ2) is 5.19. The van der Waals surface area contributed by atoms with E-state index in [-0.39, 0.29) is 23.1 Å². The summed E-state index contributed by atoms with van der Waals surface area (Å²) in [6.45, 7) is 2.33. The van der Waals surface area contributed by atoms with E-state index in [1.807, 2.05) is 6.92 Å². The average molecular weight is 301 g/mol. The number of primary amides is 1. The fraction of sp³-hybridized carbons (Fsp3) is 0.583.